The minimum absolute atomic E-state index is 0.343. The van der Waals surface area contributed by atoms with Crippen LogP contribution in [0.25, 0.3) is 11.1 Å². The maximum absolute atomic E-state index is 11.0. The molecule has 0 bridgehead atoms. The molecule has 0 aliphatic rings. The van der Waals surface area contributed by atoms with E-state index in [0.717, 1.165) is 16.7 Å². The fourth-order valence-corrected chi connectivity index (χ4v) is 2.31. The largest absolute Gasteiger partial charge is 0.481 e. The topological polar surface area (TPSA) is 57.5 Å². The van der Waals surface area contributed by atoms with Gasteiger partial charge >= 0.3 is 5.97 Å². The molecule has 0 aliphatic carbocycles. The van der Waals surface area contributed by atoms with Crippen molar-refractivity contribution < 1.29 is 15.0 Å². The van der Waals surface area contributed by atoms with E-state index in [4.69, 9.17) is 5.11 Å². The number of aliphatic hydroxyl groups is 1. The first-order chi connectivity index (χ1) is 10.0. The highest BCUT2D eigenvalue weighted by Gasteiger charge is 2.26. The Balaban J connectivity index is 2.17. The van der Waals surface area contributed by atoms with E-state index in [1.54, 1.807) is 13.8 Å². The summed E-state index contributed by atoms with van der Waals surface area (Å²) in [7, 11) is 0. The maximum Gasteiger partial charge on any atom is 0.306 e. The van der Waals surface area contributed by atoms with Crippen molar-refractivity contribution in [2.24, 2.45) is 11.8 Å². The van der Waals surface area contributed by atoms with Crippen LogP contribution < -0.4 is 0 Å². The van der Waals surface area contributed by atoms with E-state index >= 15 is 0 Å². The molecule has 0 aromatic heterocycles. The summed E-state index contributed by atoms with van der Waals surface area (Å²) in [5, 5.41) is 19.3. The van der Waals surface area contributed by atoms with Gasteiger partial charge in [-0.05, 0) is 22.6 Å². The van der Waals surface area contributed by atoms with Crippen LogP contribution in [-0.2, 0) is 4.79 Å². The number of hydrogen-bond acceptors (Lipinski definition) is 2. The number of carboxylic acids is 1. The molecule has 3 nitrogen and oxygen atoms in total. The second-order valence-corrected chi connectivity index (χ2v) is 5.42. The van der Waals surface area contributed by atoms with E-state index < -0.39 is 18.0 Å². The van der Waals surface area contributed by atoms with Gasteiger partial charge in [-0.3, -0.25) is 4.79 Å². The molecule has 3 heteroatoms. The van der Waals surface area contributed by atoms with Crippen LogP contribution in [0.15, 0.2) is 54.6 Å². The second kappa shape index (κ2) is 6.55. The lowest BCUT2D eigenvalue weighted by molar-refractivity contribution is -0.144. The number of carboxylic acid groups (broad SMARTS) is 1. The van der Waals surface area contributed by atoms with E-state index in [2.05, 4.69) is 0 Å². The molecule has 0 fully saturated rings. The molecule has 2 aromatic carbocycles. The molecule has 0 saturated carbocycles. The van der Waals surface area contributed by atoms with Crippen molar-refractivity contribution in [3.8, 4) is 11.1 Å². The van der Waals surface area contributed by atoms with Crippen LogP contribution in [0.2, 0.25) is 0 Å². The number of hydrogen-bond donors (Lipinski definition) is 2. The number of benzene rings is 2. The van der Waals surface area contributed by atoms with Gasteiger partial charge in [0.2, 0.25) is 0 Å². The normalized spacial score (nSPS) is 15.2. The van der Waals surface area contributed by atoms with Gasteiger partial charge in [0.05, 0.1) is 12.0 Å². The molecule has 0 aliphatic heterocycles. The summed E-state index contributed by atoms with van der Waals surface area (Å²) in [4.78, 5) is 11.0. The Morgan fingerprint density at radius 1 is 0.905 bits per heavy atom. The van der Waals surface area contributed by atoms with E-state index in [9.17, 15) is 9.90 Å². The van der Waals surface area contributed by atoms with Gasteiger partial charge in [-0.15, -0.1) is 0 Å². The summed E-state index contributed by atoms with van der Waals surface area (Å²) in [5.41, 5.74) is 2.94. The molecule has 2 rings (SSSR count). The highest BCUT2D eigenvalue weighted by molar-refractivity contribution is 5.70. The molecule has 0 radical (unpaired) electrons. The van der Waals surface area contributed by atoms with Crippen LogP contribution in [0, 0.1) is 11.8 Å². The monoisotopic (exact) mass is 284 g/mol. The molecule has 21 heavy (non-hydrogen) atoms. The Bertz CT molecular complexity index is 590. The van der Waals surface area contributed by atoms with Gasteiger partial charge in [-0.1, -0.05) is 68.4 Å². The van der Waals surface area contributed by atoms with Gasteiger partial charge in [0.1, 0.15) is 0 Å². The lowest BCUT2D eigenvalue weighted by Gasteiger charge is -2.22. The first kappa shape index (κ1) is 15.3. The molecular weight excluding hydrogens is 264 g/mol. The van der Waals surface area contributed by atoms with Crippen LogP contribution in [0.3, 0.4) is 0 Å². The Hall–Kier alpha value is -2.13. The first-order valence-electron chi connectivity index (χ1n) is 7.07. The molecule has 2 aromatic rings. The van der Waals surface area contributed by atoms with E-state index in [1.165, 1.54) is 0 Å². The molecule has 2 N–H and O–H groups in total. The average Bonchev–Trinajstić information content (AvgIpc) is 2.53. The number of aliphatic carboxylic acids is 1. The number of rotatable bonds is 5. The Morgan fingerprint density at radius 3 is 1.95 bits per heavy atom. The van der Waals surface area contributed by atoms with Crippen molar-refractivity contribution in [1.82, 2.24) is 0 Å². The molecule has 0 saturated heterocycles. The van der Waals surface area contributed by atoms with Gasteiger partial charge < -0.3 is 10.2 Å². The Kier molecular flexibility index (Phi) is 4.76. The van der Waals surface area contributed by atoms with Crippen LogP contribution >= 0.6 is 0 Å². The summed E-state index contributed by atoms with van der Waals surface area (Å²) in [6, 6.07) is 17.6. The van der Waals surface area contributed by atoms with Gasteiger partial charge in [-0.2, -0.15) is 0 Å². The highest BCUT2D eigenvalue weighted by Crippen LogP contribution is 2.29. The third-order valence-electron chi connectivity index (χ3n) is 4.04. The highest BCUT2D eigenvalue weighted by atomic mass is 16.4. The molecule has 3 atom stereocenters. The lowest BCUT2D eigenvalue weighted by atomic mass is 9.86. The van der Waals surface area contributed by atoms with Gasteiger partial charge in [0.15, 0.2) is 0 Å². The SMILES string of the molecule is CC(C(=O)O)C(C)C(O)c1ccc(-c2ccccc2)cc1. The van der Waals surface area contributed by atoms with Crippen LogP contribution in [0.1, 0.15) is 25.5 Å². The van der Waals surface area contributed by atoms with Crippen molar-refractivity contribution >= 4 is 5.97 Å². The molecule has 110 valence electrons. The standard InChI is InChI=1S/C18H20O3/c1-12(13(2)18(20)21)17(19)16-10-8-15(9-11-16)14-6-4-3-5-7-14/h3-13,17,19H,1-2H3,(H,20,21). The van der Waals surface area contributed by atoms with Gasteiger partial charge in [-0.25, -0.2) is 0 Å². The van der Waals surface area contributed by atoms with Crippen molar-refractivity contribution in [3.05, 3.63) is 60.2 Å². The lowest BCUT2D eigenvalue weighted by Crippen LogP contribution is -2.23. The maximum atomic E-state index is 11.0. The molecule has 0 amide bonds. The minimum Gasteiger partial charge on any atom is -0.481 e. The molecular formula is C18H20O3. The fraction of sp³-hybridized carbons (Fsp3) is 0.278. The summed E-state index contributed by atoms with van der Waals surface area (Å²) in [6.45, 7) is 3.38. The predicted molar refractivity (Wildman–Crippen MR) is 82.8 cm³/mol. The number of aliphatic hydroxyl groups excluding tert-OH is 1. The van der Waals surface area contributed by atoms with Crippen LogP contribution in [0.5, 0.6) is 0 Å². The Labute approximate surface area is 124 Å². The first-order valence-corrected chi connectivity index (χ1v) is 7.07. The van der Waals surface area contributed by atoms with E-state index in [-0.39, 0.29) is 5.92 Å². The minimum atomic E-state index is -0.887. The smallest absolute Gasteiger partial charge is 0.306 e. The van der Waals surface area contributed by atoms with E-state index in [0.29, 0.717) is 0 Å². The summed E-state index contributed by atoms with van der Waals surface area (Å²) < 4.78 is 0. The van der Waals surface area contributed by atoms with Crippen molar-refractivity contribution in [1.29, 1.82) is 0 Å². The molecule has 3 unspecified atom stereocenters. The zero-order valence-electron chi connectivity index (χ0n) is 12.2. The number of carbonyl (C=O) groups is 1. The van der Waals surface area contributed by atoms with Crippen molar-refractivity contribution in [2.45, 2.75) is 20.0 Å². The van der Waals surface area contributed by atoms with Crippen molar-refractivity contribution in [2.75, 3.05) is 0 Å². The quantitative estimate of drug-likeness (QED) is 0.879. The third kappa shape index (κ3) is 3.50. The molecule has 0 heterocycles. The van der Waals surface area contributed by atoms with Gasteiger partial charge in [0.25, 0.3) is 0 Å². The van der Waals surface area contributed by atoms with Crippen LogP contribution in [0.4, 0.5) is 0 Å². The predicted octanol–water partition coefficient (Wildman–Crippen LogP) is 3.74. The van der Waals surface area contributed by atoms with E-state index in [1.807, 2.05) is 54.6 Å². The molecule has 0 spiro atoms. The second-order valence-electron chi connectivity index (χ2n) is 5.42. The van der Waals surface area contributed by atoms with Crippen LogP contribution in [-0.4, -0.2) is 16.2 Å². The zero-order chi connectivity index (χ0) is 15.4. The summed E-state index contributed by atoms with van der Waals surface area (Å²) in [5.74, 6) is -1.82. The zero-order valence-corrected chi connectivity index (χ0v) is 12.2. The fourth-order valence-electron chi connectivity index (χ4n) is 2.31. The Morgan fingerprint density at radius 2 is 1.43 bits per heavy atom. The summed E-state index contributed by atoms with van der Waals surface area (Å²) in [6.07, 6.45) is -0.777. The average molecular weight is 284 g/mol. The van der Waals surface area contributed by atoms with Gasteiger partial charge in [0, 0.05) is 0 Å². The summed E-state index contributed by atoms with van der Waals surface area (Å²) >= 11 is 0. The third-order valence-corrected chi connectivity index (χ3v) is 4.04. The van der Waals surface area contributed by atoms with Crippen molar-refractivity contribution in [3.63, 3.8) is 0 Å².